The van der Waals surface area contributed by atoms with Gasteiger partial charge in [-0.3, -0.25) is 14.7 Å². The van der Waals surface area contributed by atoms with E-state index in [9.17, 15) is 9.59 Å². The van der Waals surface area contributed by atoms with Gasteiger partial charge in [0, 0.05) is 24.9 Å². The van der Waals surface area contributed by atoms with Crippen molar-refractivity contribution in [1.29, 1.82) is 0 Å². The van der Waals surface area contributed by atoms with Crippen LogP contribution in [0.1, 0.15) is 47.2 Å². The second-order valence-electron chi connectivity index (χ2n) is 5.95. The Morgan fingerprint density at radius 1 is 1.42 bits per heavy atom. The zero-order valence-electron chi connectivity index (χ0n) is 13.2. The number of hydrogen-bond donors (Lipinski definition) is 1. The van der Waals surface area contributed by atoms with Crippen LogP contribution in [0.5, 0.6) is 0 Å². The zero-order valence-corrected chi connectivity index (χ0v) is 13.2. The van der Waals surface area contributed by atoms with Crippen LogP contribution in [0.25, 0.3) is 5.65 Å². The molecule has 124 valence electrons. The maximum Gasteiger partial charge on any atom is 0.292 e. The Hall–Kier alpha value is -2.90. The summed E-state index contributed by atoms with van der Waals surface area (Å²) in [6.45, 7) is 2.35. The van der Waals surface area contributed by atoms with Crippen molar-refractivity contribution in [2.45, 2.75) is 32.2 Å². The number of aromatic amines is 1. The summed E-state index contributed by atoms with van der Waals surface area (Å²) in [5.41, 5.74) is 1.54. The molecule has 8 nitrogen and oxygen atoms in total. The van der Waals surface area contributed by atoms with Crippen LogP contribution in [0.4, 0.5) is 0 Å². The minimum Gasteiger partial charge on any atom is -0.438 e. The number of piperidine rings is 1. The molecule has 1 aliphatic rings. The molecule has 0 radical (unpaired) electrons. The first-order valence-corrected chi connectivity index (χ1v) is 7.93. The van der Waals surface area contributed by atoms with Gasteiger partial charge >= 0.3 is 0 Å². The monoisotopic (exact) mass is 327 g/mol. The van der Waals surface area contributed by atoms with Crippen LogP contribution in [-0.2, 0) is 0 Å². The van der Waals surface area contributed by atoms with Crippen LogP contribution < -0.4 is 5.56 Å². The van der Waals surface area contributed by atoms with Crippen LogP contribution in [0.15, 0.2) is 33.9 Å². The average molecular weight is 327 g/mol. The van der Waals surface area contributed by atoms with Gasteiger partial charge in [0.05, 0.1) is 17.4 Å². The molecule has 0 spiro atoms. The Morgan fingerprint density at radius 2 is 2.29 bits per heavy atom. The van der Waals surface area contributed by atoms with E-state index < -0.39 is 0 Å². The molecule has 0 aliphatic carbocycles. The van der Waals surface area contributed by atoms with Crippen LogP contribution in [0.3, 0.4) is 0 Å². The number of hydrogen-bond acceptors (Lipinski definition) is 5. The summed E-state index contributed by atoms with van der Waals surface area (Å²) in [6, 6.07) is 3.00. The highest BCUT2D eigenvalue weighted by molar-refractivity contribution is 5.92. The predicted molar refractivity (Wildman–Crippen MR) is 84.7 cm³/mol. The lowest BCUT2D eigenvalue weighted by Gasteiger charge is -2.34. The first-order valence-electron chi connectivity index (χ1n) is 7.93. The SMILES string of the molecule is Cc1ncoc1C(=O)N1CCCC[C@H]1c1cc(=O)n2[nH]ccc2n1. The van der Waals surface area contributed by atoms with E-state index in [-0.39, 0.29) is 23.3 Å². The lowest BCUT2D eigenvalue weighted by atomic mass is 9.98. The molecule has 1 aliphatic heterocycles. The second-order valence-corrected chi connectivity index (χ2v) is 5.95. The number of nitrogens with zero attached hydrogens (tertiary/aromatic N) is 4. The van der Waals surface area contributed by atoms with E-state index in [1.54, 1.807) is 24.1 Å². The molecule has 1 saturated heterocycles. The number of oxazole rings is 1. The third kappa shape index (κ3) is 2.31. The highest BCUT2D eigenvalue weighted by atomic mass is 16.3. The molecule has 3 aromatic heterocycles. The molecule has 4 heterocycles. The Bertz CT molecular complexity index is 954. The Kier molecular flexibility index (Phi) is 3.44. The van der Waals surface area contributed by atoms with Crippen LogP contribution in [0.2, 0.25) is 0 Å². The molecule has 0 saturated carbocycles. The number of nitrogens with one attached hydrogen (secondary N) is 1. The normalized spacial score (nSPS) is 18.2. The summed E-state index contributed by atoms with van der Waals surface area (Å²) in [4.78, 5) is 35.3. The maximum atomic E-state index is 12.8. The molecule has 3 aromatic rings. The van der Waals surface area contributed by atoms with Gasteiger partial charge in [-0.1, -0.05) is 0 Å². The van der Waals surface area contributed by atoms with Crippen LogP contribution in [0, 0.1) is 6.92 Å². The number of H-pyrrole nitrogens is 1. The van der Waals surface area contributed by atoms with Crippen molar-refractivity contribution < 1.29 is 9.21 Å². The fourth-order valence-corrected chi connectivity index (χ4v) is 3.24. The van der Waals surface area contributed by atoms with Gasteiger partial charge in [0.15, 0.2) is 12.0 Å². The van der Waals surface area contributed by atoms with Crippen molar-refractivity contribution in [2.75, 3.05) is 6.54 Å². The Balaban J connectivity index is 1.74. The first kappa shape index (κ1) is 14.7. The standard InChI is InChI=1S/C16H17N5O3/c1-10-15(24-9-17-10)16(23)20-7-3-2-4-12(20)11-8-14(22)21-13(19-11)5-6-18-21/h5-6,8-9,12,18H,2-4,7H2,1H3/t12-/m0/s1. The summed E-state index contributed by atoms with van der Waals surface area (Å²) in [5.74, 6) is 0.0483. The molecule has 1 atom stereocenters. The average Bonchev–Trinajstić information content (AvgIpc) is 3.23. The van der Waals surface area contributed by atoms with Gasteiger partial charge in [0.25, 0.3) is 11.5 Å². The molecule has 0 bridgehead atoms. The van der Waals surface area contributed by atoms with E-state index in [0.717, 1.165) is 19.3 Å². The van der Waals surface area contributed by atoms with Crippen molar-refractivity contribution in [3.63, 3.8) is 0 Å². The largest absolute Gasteiger partial charge is 0.438 e. The third-order valence-corrected chi connectivity index (χ3v) is 4.45. The molecule has 4 rings (SSSR count). The highest BCUT2D eigenvalue weighted by Gasteiger charge is 2.32. The summed E-state index contributed by atoms with van der Waals surface area (Å²) < 4.78 is 6.63. The predicted octanol–water partition coefficient (Wildman–Crippen LogP) is 1.69. The van der Waals surface area contributed by atoms with E-state index >= 15 is 0 Å². The molecular formula is C16H17N5O3. The Labute approximate surface area is 137 Å². The molecule has 1 fully saturated rings. The van der Waals surface area contributed by atoms with E-state index in [2.05, 4.69) is 15.1 Å². The van der Waals surface area contributed by atoms with Crippen molar-refractivity contribution in [2.24, 2.45) is 0 Å². The van der Waals surface area contributed by atoms with Crippen molar-refractivity contribution in [3.8, 4) is 0 Å². The number of aromatic nitrogens is 4. The number of likely N-dealkylation sites (tertiary alicyclic amines) is 1. The summed E-state index contributed by atoms with van der Waals surface area (Å²) in [5, 5.41) is 2.82. The van der Waals surface area contributed by atoms with Gasteiger partial charge in [-0.15, -0.1) is 0 Å². The zero-order chi connectivity index (χ0) is 16.7. The molecule has 1 amide bonds. The van der Waals surface area contributed by atoms with E-state index in [1.165, 1.54) is 17.0 Å². The van der Waals surface area contributed by atoms with Gasteiger partial charge in [0.2, 0.25) is 5.76 Å². The molecular weight excluding hydrogens is 310 g/mol. The summed E-state index contributed by atoms with van der Waals surface area (Å²) in [6.07, 6.45) is 5.61. The lowest BCUT2D eigenvalue weighted by Crippen LogP contribution is -2.39. The van der Waals surface area contributed by atoms with Gasteiger partial charge in [-0.2, -0.15) is 0 Å². The molecule has 0 aromatic carbocycles. The molecule has 0 unspecified atom stereocenters. The van der Waals surface area contributed by atoms with Gasteiger partial charge in [-0.25, -0.2) is 14.5 Å². The minimum absolute atomic E-state index is 0.186. The van der Waals surface area contributed by atoms with Gasteiger partial charge < -0.3 is 9.32 Å². The molecule has 8 heteroatoms. The van der Waals surface area contributed by atoms with Gasteiger partial charge in [0.1, 0.15) is 0 Å². The number of fused-ring (bicyclic) bond motifs is 1. The van der Waals surface area contributed by atoms with E-state index in [0.29, 0.717) is 23.6 Å². The summed E-state index contributed by atoms with van der Waals surface area (Å²) >= 11 is 0. The van der Waals surface area contributed by atoms with Gasteiger partial charge in [-0.05, 0) is 26.2 Å². The maximum absolute atomic E-state index is 12.8. The van der Waals surface area contributed by atoms with E-state index in [1.807, 2.05) is 0 Å². The van der Waals surface area contributed by atoms with Crippen LogP contribution >= 0.6 is 0 Å². The fraction of sp³-hybridized carbons (Fsp3) is 0.375. The van der Waals surface area contributed by atoms with Crippen molar-refractivity contribution in [3.05, 3.63) is 52.2 Å². The number of aryl methyl sites for hydroxylation is 1. The molecule has 24 heavy (non-hydrogen) atoms. The number of rotatable bonds is 2. The number of carbonyl (C=O) groups is 1. The van der Waals surface area contributed by atoms with Crippen molar-refractivity contribution in [1.82, 2.24) is 24.5 Å². The quantitative estimate of drug-likeness (QED) is 0.772. The minimum atomic E-state index is -0.233. The smallest absolute Gasteiger partial charge is 0.292 e. The highest BCUT2D eigenvalue weighted by Crippen LogP contribution is 2.31. The van der Waals surface area contributed by atoms with Crippen molar-refractivity contribution >= 4 is 11.6 Å². The second kappa shape index (κ2) is 5.63. The fourth-order valence-electron chi connectivity index (χ4n) is 3.24. The number of amides is 1. The first-order chi connectivity index (χ1) is 11.6. The van der Waals surface area contributed by atoms with Crippen LogP contribution in [-0.4, -0.2) is 36.9 Å². The lowest BCUT2D eigenvalue weighted by molar-refractivity contribution is 0.0572. The number of carbonyl (C=O) groups excluding carboxylic acids is 1. The Morgan fingerprint density at radius 3 is 3.08 bits per heavy atom. The topological polar surface area (TPSA) is 96.5 Å². The molecule has 1 N–H and O–H groups in total. The summed E-state index contributed by atoms with van der Waals surface area (Å²) in [7, 11) is 0. The third-order valence-electron chi connectivity index (χ3n) is 4.45. The van der Waals surface area contributed by atoms with E-state index in [4.69, 9.17) is 4.42 Å².